The third-order valence-corrected chi connectivity index (χ3v) is 3.70. The minimum atomic E-state index is -0.0851. The molecule has 4 heteroatoms. The highest BCUT2D eigenvalue weighted by molar-refractivity contribution is 6.01. The van der Waals surface area contributed by atoms with Crippen LogP contribution in [0, 0.1) is 0 Å². The summed E-state index contributed by atoms with van der Waals surface area (Å²) in [6, 6.07) is 19.0. The lowest BCUT2D eigenvalue weighted by molar-refractivity contribution is -0.124. The molecule has 0 heterocycles. The average molecular weight is 324 g/mol. The second-order valence-electron chi connectivity index (χ2n) is 5.60. The molecule has 2 amide bonds. The van der Waals surface area contributed by atoms with Gasteiger partial charge in [-0.1, -0.05) is 49.7 Å². The van der Waals surface area contributed by atoms with Crippen LogP contribution in [0.3, 0.4) is 0 Å². The summed E-state index contributed by atoms with van der Waals surface area (Å²) in [6.45, 7) is 2.75. The Hall–Kier alpha value is -2.62. The first-order chi connectivity index (χ1) is 11.7. The summed E-state index contributed by atoms with van der Waals surface area (Å²) >= 11 is 0. The van der Waals surface area contributed by atoms with E-state index in [2.05, 4.69) is 12.2 Å². The smallest absolute Gasteiger partial charge is 0.232 e. The lowest BCUT2D eigenvalue weighted by atomic mass is 10.2. The maximum atomic E-state index is 12.7. The number of hydrogen-bond donors (Lipinski definition) is 1. The molecule has 2 rings (SSSR count). The monoisotopic (exact) mass is 324 g/mol. The third-order valence-electron chi connectivity index (χ3n) is 3.70. The third kappa shape index (κ3) is 5.23. The minimum Gasteiger partial charge on any atom is -0.356 e. The summed E-state index contributed by atoms with van der Waals surface area (Å²) in [5.41, 5.74) is 1.61. The van der Waals surface area contributed by atoms with E-state index in [-0.39, 0.29) is 24.7 Å². The fourth-order valence-electron chi connectivity index (χ4n) is 2.42. The zero-order valence-corrected chi connectivity index (χ0v) is 14.1. The van der Waals surface area contributed by atoms with Crippen LogP contribution in [0.15, 0.2) is 60.7 Å². The fourth-order valence-corrected chi connectivity index (χ4v) is 2.42. The van der Waals surface area contributed by atoms with Gasteiger partial charge in [-0.25, -0.2) is 0 Å². The van der Waals surface area contributed by atoms with Crippen molar-refractivity contribution in [3.63, 3.8) is 0 Å². The van der Waals surface area contributed by atoms with Gasteiger partial charge in [0.25, 0.3) is 0 Å². The van der Waals surface area contributed by atoms with Crippen molar-refractivity contribution < 1.29 is 9.59 Å². The van der Waals surface area contributed by atoms with E-state index in [0.29, 0.717) is 6.54 Å². The van der Waals surface area contributed by atoms with E-state index in [1.54, 1.807) is 4.90 Å². The molecule has 0 bridgehead atoms. The number of carbonyl (C=O) groups is 2. The van der Waals surface area contributed by atoms with Gasteiger partial charge in [0, 0.05) is 30.8 Å². The second kappa shape index (κ2) is 9.50. The quantitative estimate of drug-likeness (QED) is 0.745. The van der Waals surface area contributed by atoms with Crippen LogP contribution in [0.1, 0.15) is 32.6 Å². The second-order valence-corrected chi connectivity index (χ2v) is 5.60. The van der Waals surface area contributed by atoms with Gasteiger partial charge in [-0.15, -0.1) is 0 Å². The molecular weight excluding hydrogens is 300 g/mol. The van der Waals surface area contributed by atoms with Crippen molar-refractivity contribution in [3.8, 4) is 0 Å². The molecule has 0 atom stereocenters. The van der Waals surface area contributed by atoms with Gasteiger partial charge in [0.1, 0.15) is 0 Å². The molecule has 0 saturated carbocycles. The predicted octanol–water partition coefficient (Wildman–Crippen LogP) is 4.05. The van der Waals surface area contributed by atoms with E-state index >= 15 is 0 Å². The van der Waals surface area contributed by atoms with Crippen LogP contribution in [0.25, 0.3) is 0 Å². The van der Waals surface area contributed by atoms with E-state index in [4.69, 9.17) is 0 Å². The van der Waals surface area contributed by atoms with Gasteiger partial charge in [0.2, 0.25) is 11.8 Å². The molecule has 0 aliphatic heterocycles. The Morgan fingerprint density at radius 1 is 0.875 bits per heavy atom. The van der Waals surface area contributed by atoms with Crippen molar-refractivity contribution in [2.75, 3.05) is 11.4 Å². The molecule has 126 valence electrons. The number of unbranched alkanes of at least 4 members (excludes halogenated alkanes) is 1. The van der Waals surface area contributed by atoms with Crippen LogP contribution in [0.4, 0.5) is 11.4 Å². The molecule has 0 aliphatic carbocycles. The minimum absolute atomic E-state index is 0.0714. The molecule has 1 N–H and O–H groups in total. The highest BCUT2D eigenvalue weighted by Gasteiger charge is 2.18. The Bertz CT molecular complexity index is 602. The molecule has 0 aromatic heterocycles. The lowest BCUT2D eigenvalue weighted by Crippen LogP contribution is -2.29. The van der Waals surface area contributed by atoms with E-state index in [0.717, 1.165) is 24.2 Å². The van der Waals surface area contributed by atoms with E-state index in [1.165, 1.54) is 0 Å². The zero-order chi connectivity index (χ0) is 17.2. The standard InChI is InChI=1S/C20H24N2O2/c1-2-3-16-21-19(23)14-15-20(24)22(17-10-6-4-7-11-17)18-12-8-5-9-13-18/h4-13H,2-3,14-16H2,1H3,(H,21,23). The SMILES string of the molecule is CCCCNC(=O)CCC(=O)N(c1ccccc1)c1ccccc1. The van der Waals surface area contributed by atoms with E-state index in [9.17, 15) is 9.59 Å². The topological polar surface area (TPSA) is 49.4 Å². The van der Waals surface area contributed by atoms with Crippen LogP contribution in [-0.4, -0.2) is 18.4 Å². The number of anilines is 2. The van der Waals surface area contributed by atoms with Gasteiger partial charge in [-0.3, -0.25) is 14.5 Å². The number of nitrogens with zero attached hydrogens (tertiary/aromatic N) is 1. The van der Waals surface area contributed by atoms with Crippen molar-refractivity contribution in [2.45, 2.75) is 32.6 Å². The molecule has 24 heavy (non-hydrogen) atoms. The normalized spacial score (nSPS) is 10.2. The Kier molecular flexibility index (Phi) is 7.02. The van der Waals surface area contributed by atoms with Gasteiger partial charge < -0.3 is 5.32 Å². The van der Waals surface area contributed by atoms with E-state index < -0.39 is 0 Å². The first-order valence-electron chi connectivity index (χ1n) is 8.42. The summed E-state index contributed by atoms with van der Waals surface area (Å²) in [4.78, 5) is 26.2. The fraction of sp³-hybridized carbons (Fsp3) is 0.300. The van der Waals surface area contributed by atoms with Crippen LogP contribution < -0.4 is 10.2 Å². The number of para-hydroxylation sites is 2. The van der Waals surface area contributed by atoms with Crippen LogP contribution in [-0.2, 0) is 9.59 Å². The summed E-state index contributed by atoms with van der Waals surface area (Å²) in [5.74, 6) is -0.157. The van der Waals surface area contributed by atoms with Crippen LogP contribution in [0.2, 0.25) is 0 Å². The van der Waals surface area contributed by atoms with Crippen molar-refractivity contribution in [2.24, 2.45) is 0 Å². The number of carbonyl (C=O) groups excluding carboxylic acids is 2. The van der Waals surface area contributed by atoms with Crippen molar-refractivity contribution in [3.05, 3.63) is 60.7 Å². The first-order valence-corrected chi connectivity index (χ1v) is 8.42. The van der Waals surface area contributed by atoms with Gasteiger partial charge in [-0.05, 0) is 30.7 Å². The van der Waals surface area contributed by atoms with E-state index in [1.807, 2.05) is 60.7 Å². The lowest BCUT2D eigenvalue weighted by Gasteiger charge is -2.23. The molecule has 0 saturated heterocycles. The van der Waals surface area contributed by atoms with Crippen LogP contribution >= 0.6 is 0 Å². The summed E-state index contributed by atoms with van der Waals surface area (Å²) in [6.07, 6.45) is 2.38. The number of rotatable bonds is 8. The van der Waals surface area contributed by atoms with Crippen molar-refractivity contribution >= 4 is 23.2 Å². The molecular formula is C20H24N2O2. The largest absolute Gasteiger partial charge is 0.356 e. The highest BCUT2D eigenvalue weighted by Crippen LogP contribution is 2.26. The number of hydrogen-bond acceptors (Lipinski definition) is 2. The number of amides is 2. The molecule has 0 fully saturated rings. The van der Waals surface area contributed by atoms with Crippen molar-refractivity contribution in [1.82, 2.24) is 5.32 Å². The molecule has 0 radical (unpaired) electrons. The summed E-state index contributed by atoms with van der Waals surface area (Å²) < 4.78 is 0. The molecule has 4 nitrogen and oxygen atoms in total. The molecule has 0 spiro atoms. The summed E-state index contributed by atoms with van der Waals surface area (Å²) in [7, 11) is 0. The van der Waals surface area contributed by atoms with Gasteiger partial charge in [0.15, 0.2) is 0 Å². The summed E-state index contributed by atoms with van der Waals surface area (Å²) in [5, 5.41) is 2.85. The Morgan fingerprint density at radius 3 is 1.92 bits per heavy atom. The maximum Gasteiger partial charge on any atom is 0.232 e. The average Bonchev–Trinajstić information content (AvgIpc) is 2.62. The number of benzene rings is 2. The van der Waals surface area contributed by atoms with Crippen LogP contribution in [0.5, 0.6) is 0 Å². The van der Waals surface area contributed by atoms with Gasteiger partial charge >= 0.3 is 0 Å². The Balaban J connectivity index is 2.05. The van der Waals surface area contributed by atoms with Gasteiger partial charge in [0.05, 0.1) is 0 Å². The van der Waals surface area contributed by atoms with Gasteiger partial charge in [-0.2, -0.15) is 0 Å². The molecule has 0 aliphatic rings. The maximum absolute atomic E-state index is 12.7. The Labute approximate surface area is 143 Å². The number of nitrogens with one attached hydrogen (secondary N) is 1. The first kappa shape index (κ1) is 17.7. The molecule has 2 aromatic rings. The van der Waals surface area contributed by atoms with Crippen molar-refractivity contribution in [1.29, 1.82) is 0 Å². The molecule has 0 unspecified atom stereocenters. The zero-order valence-electron chi connectivity index (χ0n) is 14.1. The molecule has 2 aromatic carbocycles. The predicted molar refractivity (Wildman–Crippen MR) is 97.2 cm³/mol. The highest BCUT2D eigenvalue weighted by atomic mass is 16.2. The Morgan fingerprint density at radius 2 is 1.42 bits per heavy atom.